The summed E-state index contributed by atoms with van der Waals surface area (Å²) < 4.78 is 7.52. The van der Waals surface area contributed by atoms with Gasteiger partial charge < -0.3 is 14.5 Å². The molecule has 0 amide bonds. The number of aromatic nitrogens is 2. The first-order chi connectivity index (χ1) is 14.2. The van der Waals surface area contributed by atoms with Gasteiger partial charge in [0, 0.05) is 30.2 Å². The van der Waals surface area contributed by atoms with Crippen LogP contribution in [0.2, 0.25) is 0 Å². The lowest BCUT2D eigenvalue weighted by Crippen LogP contribution is -2.28. The van der Waals surface area contributed by atoms with Crippen molar-refractivity contribution in [2.75, 3.05) is 44.7 Å². The molecule has 0 saturated carbocycles. The summed E-state index contributed by atoms with van der Waals surface area (Å²) >= 11 is 1.44. The third-order valence-corrected chi connectivity index (χ3v) is 6.24. The molecule has 1 saturated heterocycles. The highest BCUT2D eigenvalue weighted by molar-refractivity contribution is 7.19. The summed E-state index contributed by atoms with van der Waals surface area (Å²) in [4.78, 5) is 23.2. The molecule has 1 aliphatic rings. The molecule has 6 nitrogen and oxygen atoms in total. The van der Waals surface area contributed by atoms with Crippen molar-refractivity contribution in [2.45, 2.75) is 13.3 Å². The molecule has 152 valence electrons. The lowest BCUT2D eigenvalue weighted by molar-refractivity contribution is 0.272. The smallest absolute Gasteiger partial charge is 0.275 e. The van der Waals surface area contributed by atoms with Crippen LogP contribution in [-0.4, -0.2) is 54.3 Å². The molecule has 1 fully saturated rings. The molecule has 0 radical (unpaired) electrons. The third kappa shape index (κ3) is 4.36. The topological polar surface area (TPSA) is 50.6 Å². The van der Waals surface area contributed by atoms with Gasteiger partial charge in [-0.05, 0) is 63.3 Å². The highest BCUT2D eigenvalue weighted by atomic mass is 32.1. The van der Waals surface area contributed by atoms with E-state index < -0.39 is 0 Å². The average Bonchev–Trinajstić information content (AvgIpc) is 3.03. The molecule has 1 aromatic carbocycles. The minimum atomic E-state index is -0.0415. The Morgan fingerprint density at radius 1 is 1.14 bits per heavy atom. The second-order valence-corrected chi connectivity index (χ2v) is 8.29. The van der Waals surface area contributed by atoms with Gasteiger partial charge in [-0.1, -0.05) is 0 Å². The highest BCUT2D eigenvalue weighted by Crippen LogP contribution is 2.23. The first kappa shape index (κ1) is 19.7. The predicted molar refractivity (Wildman–Crippen MR) is 120 cm³/mol. The van der Waals surface area contributed by atoms with Crippen molar-refractivity contribution in [2.24, 2.45) is 0 Å². The molecule has 3 heterocycles. The van der Waals surface area contributed by atoms with Gasteiger partial charge in [0.25, 0.3) is 5.56 Å². The minimum Gasteiger partial charge on any atom is -0.501 e. The molecule has 0 unspecified atom stereocenters. The molecule has 7 heteroatoms. The normalized spacial score (nSPS) is 15.9. The van der Waals surface area contributed by atoms with E-state index in [2.05, 4.69) is 34.0 Å². The quantitative estimate of drug-likeness (QED) is 0.602. The number of rotatable bonds is 5. The number of benzene rings is 1. The van der Waals surface area contributed by atoms with E-state index in [-0.39, 0.29) is 5.56 Å². The molecular formula is C22H26N4O2S. The number of fused-ring (bicyclic) bond motifs is 1. The standard InChI is InChI=1S/C22H26N4O2S/c1-3-28-14-9-19-15-20-21(29-19)22(27)26(16-23-20)18-7-5-17(6-8-18)25-11-4-10-24(2)12-13-25/h5-9,14-16H,3-4,10-13H2,1-2H3/b14-9-. The van der Waals surface area contributed by atoms with Gasteiger partial charge in [0.2, 0.25) is 0 Å². The summed E-state index contributed by atoms with van der Waals surface area (Å²) in [6, 6.07) is 10.1. The largest absolute Gasteiger partial charge is 0.501 e. The molecular weight excluding hydrogens is 384 g/mol. The molecule has 1 aliphatic heterocycles. The Hall–Kier alpha value is -2.64. The second kappa shape index (κ2) is 8.80. The summed E-state index contributed by atoms with van der Waals surface area (Å²) in [6.45, 7) is 6.85. The van der Waals surface area contributed by atoms with Crippen molar-refractivity contribution in [1.82, 2.24) is 14.5 Å². The molecule has 2 aromatic heterocycles. The predicted octanol–water partition coefficient (Wildman–Crippen LogP) is 3.60. The first-order valence-corrected chi connectivity index (χ1v) is 10.8. The van der Waals surface area contributed by atoms with Crippen LogP contribution in [0.25, 0.3) is 22.0 Å². The number of hydrogen-bond donors (Lipinski definition) is 0. The van der Waals surface area contributed by atoms with Crippen LogP contribution in [0.4, 0.5) is 5.69 Å². The van der Waals surface area contributed by atoms with Crippen LogP contribution in [0.1, 0.15) is 18.2 Å². The number of likely N-dealkylation sites (N-methyl/N-ethyl adjacent to an activating group) is 1. The maximum Gasteiger partial charge on any atom is 0.275 e. The Bertz CT molecular complexity index is 1050. The first-order valence-electron chi connectivity index (χ1n) is 9.99. The van der Waals surface area contributed by atoms with E-state index in [1.807, 2.05) is 31.2 Å². The lowest BCUT2D eigenvalue weighted by atomic mass is 10.2. The number of anilines is 1. The van der Waals surface area contributed by atoms with E-state index >= 15 is 0 Å². The fraction of sp³-hybridized carbons (Fsp3) is 0.364. The van der Waals surface area contributed by atoms with Crippen LogP contribution in [-0.2, 0) is 4.74 Å². The monoisotopic (exact) mass is 410 g/mol. The van der Waals surface area contributed by atoms with Gasteiger partial charge in [-0.15, -0.1) is 11.3 Å². The van der Waals surface area contributed by atoms with Gasteiger partial charge in [-0.25, -0.2) is 4.98 Å². The SMILES string of the molecule is CCO/C=C\c1cc2ncn(-c3ccc(N4CCCN(C)CC4)cc3)c(=O)c2s1. The highest BCUT2D eigenvalue weighted by Gasteiger charge is 2.13. The zero-order valence-corrected chi connectivity index (χ0v) is 17.7. The Labute approximate surface area is 174 Å². The third-order valence-electron chi connectivity index (χ3n) is 5.16. The fourth-order valence-electron chi connectivity index (χ4n) is 3.54. The van der Waals surface area contributed by atoms with Crippen LogP contribution < -0.4 is 10.5 Å². The number of hydrogen-bond acceptors (Lipinski definition) is 6. The molecule has 0 N–H and O–H groups in total. The zero-order valence-electron chi connectivity index (χ0n) is 16.9. The van der Waals surface area contributed by atoms with Crippen molar-refractivity contribution >= 4 is 33.3 Å². The number of thiophene rings is 1. The zero-order chi connectivity index (χ0) is 20.2. The van der Waals surface area contributed by atoms with E-state index in [1.165, 1.54) is 17.0 Å². The summed E-state index contributed by atoms with van der Waals surface area (Å²) in [5.74, 6) is 0. The summed E-state index contributed by atoms with van der Waals surface area (Å²) in [7, 11) is 2.17. The summed E-state index contributed by atoms with van der Waals surface area (Å²) in [5.41, 5.74) is 2.71. The average molecular weight is 411 g/mol. The van der Waals surface area contributed by atoms with E-state index in [0.29, 0.717) is 11.3 Å². The van der Waals surface area contributed by atoms with E-state index in [4.69, 9.17) is 4.74 Å². The number of ether oxygens (including phenoxy) is 1. The lowest BCUT2D eigenvalue weighted by Gasteiger charge is -2.23. The second-order valence-electron chi connectivity index (χ2n) is 7.20. The minimum absolute atomic E-state index is 0.0415. The summed E-state index contributed by atoms with van der Waals surface area (Å²) in [5, 5.41) is 0. The Morgan fingerprint density at radius 3 is 2.72 bits per heavy atom. The Kier molecular flexibility index (Phi) is 5.97. The Balaban J connectivity index is 1.59. The van der Waals surface area contributed by atoms with Crippen molar-refractivity contribution in [1.29, 1.82) is 0 Å². The summed E-state index contributed by atoms with van der Waals surface area (Å²) in [6.07, 6.45) is 6.30. The molecule has 0 spiro atoms. The Morgan fingerprint density at radius 2 is 1.93 bits per heavy atom. The molecule has 0 bridgehead atoms. The van der Waals surface area contributed by atoms with Gasteiger partial charge in [0.15, 0.2) is 0 Å². The van der Waals surface area contributed by atoms with Crippen molar-refractivity contribution < 1.29 is 4.74 Å². The van der Waals surface area contributed by atoms with Gasteiger partial charge in [-0.3, -0.25) is 9.36 Å². The number of nitrogens with zero attached hydrogens (tertiary/aromatic N) is 4. The van der Waals surface area contributed by atoms with Gasteiger partial charge in [0.05, 0.1) is 24.1 Å². The molecule has 29 heavy (non-hydrogen) atoms. The van der Waals surface area contributed by atoms with E-state index in [1.54, 1.807) is 17.2 Å². The van der Waals surface area contributed by atoms with Crippen LogP contribution in [0, 0.1) is 0 Å². The van der Waals surface area contributed by atoms with Gasteiger partial charge in [0.1, 0.15) is 11.0 Å². The van der Waals surface area contributed by atoms with E-state index in [0.717, 1.165) is 48.7 Å². The van der Waals surface area contributed by atoms with Crippen LogP contribution in [0.3, 0.4) is 0 Å². The van der Waals surface area contributed by atoms with Crippen molar-refractivity contribution in [3.05, 3.63) is 58.2 Å². The fourth-order valence-corrected chi connectivity index (χ4v) is 4.47. The van der Waals surface area contributed by atoms with Crippen molar-refractivity contribution in [3.8, 4) is 5.69 Å². The molecule has 4 rings (SSSR count). The molecule has 3 aromatic rings. The van der Waals surface area contributed by atoms with Crippen LogP contribution in [0.5, 0.6) is 0 Å². The van der Waals surface area contributed by atoms with Crippen LogP contribution in [0.15, 0.2) is 47.7 Å². The maximum atomic E-state index is 13.0. The van der Waals surface area contributed by atoms with Crippen molar-refractivity contribution in [3.63, 3.8) is 0 Å². The van der Waals surface area contributed by atoms with Gasteiger partial charge >= 0.3 is 0 Å². The molecule has 0 atom stereocenters. The maximum absolute atomic E-state index is 13.0. The van der Waals surface area contributed by atoms with E-state index in [9.17, 15) is 4.79 Å². The molecule has 0 aliphatic carbocycles. The van der Waals surface area contributed by atoms with Crippen LogP contribution >= 0.6 is 11.3 Å². The van der Waals surface area contributed by atoms with Gasteiger partial charge in [-0.2, -0.15) is 0 Å².